The summed E-state index contributed by atoms with van der Waals surface area (Å²) in [6.45, 7) is 0.240. The van der Waals surface area contributed by atoms with Gasteiger partial charge in [0.15, 0.2) is 0 Å². The lowest BCUT2D eigenvalue weighted by Crippen LogP contribution is -2.38. The monoisotopic (exact) mass is 363 g/mol. The third kappa shape index (κ3) is 4.61. The topological polar surface area (TPSA) is 66.8 Å². The second kappa shape index (κ2) is 7.32. The zero-order chi connectivity index (χ0) is 13.5. The Balaban J connectivity index is 2.83. The number of hydrogen-bond acceptors (Lipinski definition) is 3. The van der Waals surface area contributed by atoms with Crippen molar-refractivity contribution in [3.05, 3.63) is 33.4 Å². The lowest BCUT2D eigenvalue weighted by molar-refractivity contribution is -0.137. The summed E-state index contributed by atoms with van der Waals surface area (Å²) in [6, 6.07) is 7.04. The van der Waals surface area contributed by atoms with Crippen LogP contribution in [0.4, 0.5) is 0 Å². The molecule has 6 heteroatoms. The maximum Gasteiger partial charge on any atom is 0.323 e. The number of carbonyl (C=O) groups excluding carboxylic acids is 1. The van der Waals surface area contributed by atoms with Crippen LogP contribution in [-0.4, -0.2) is 48.7 Å². The van der Waals surface area contributed by atoms with E-state index < -0.39 is 5.97 Å². The molecule has 0 spiro atoms. The zero-order valence-corrected chi connectivity index (χ0v) is 12.1. The minimum Gasteiger partial charge on any atom is -0.480 e. The lowest BCUT2D eigenvalue weighted by Gasteiger charge is -2.20. The summed E-state index contributed by atoms with van der Waals surface area (Å²) in [4.78, 5) is 24.1. The van der Waals surface area contributed by atoms with E-state index >= 15 is 0 Å². The van der Waals surface area contributed by atoms with E-state index in [4.69, 9.17) is 9.84 Å². The summed E-state index contributed by atoms with van der Waals surface area (Å²) >= 11 is 2.10. The van der Waals surface area contributed by atoms with E-state index in [2.05, 4.69) is 22.6 Å². The number of hydrogen-bond donors (Lipinski definition) is 1. The number of ether oxygens (including phenoxy) is 1. The Kier molecular flexibility index (Phi) is 6.06. The molecule has 0 bridgehead atoms. The van der Waals surface area contributed by atoms with E-state index in [1.807, 2.05) is 6.07 Å². The van der Waals surface area contributed by atoms with Gasteiger partial charge in [-0.2, -0.15) is 0 Å². The first-order chi connectivity index (χ1) is 8.54. The molecule has 0 fully saturated rings. The van der Waals surface area contributed by atoms with Gasteiger partial charge in [-0.1, -0.05) is 6.07 Å². The van der Waals surface area contributed by atoms with Crippen molar-refractivity contribution < 1.29 is 19.4 Å². The average molecular weight is 363 g/mol. The molecule has 1 rings (SSSR count). The van der Waals surface area contributed by atoms with Crippen LogP contribution in [0, 0.1) is 3.57 Å². The van der Waals surface area contributed by atoms with E-state index in [0.717, 1.165) is 3.57 Å². The third-order valence-corrected chi connectivity index (χ3v) is 2.92. The number of benzene rings is 1. The molecule has 1 N–H and O–H groups in total. The molecule has 0 saturated carbocycles. The molecule has 98 valence electrons. The number of halogens is 1. The Hall–Kier alpha value is -1.15. The fourth-order valence-corrected chi connectivity index (χ4v) is 1.96. The van der Waals surface area contributed by atoms with Crippen LogP contribution >= 0.6 is 22.6 Å². The van der Waals surface area contributed by atoms with E-state index in [1.54, 1.807) is 18.2 Å². The van der Waals surface area contributed by atoms with Gasteiger partial charge in [-0.25, -0.2) is 0 Å². The minimum absolute atomic E-state index is 0.257. The van der Waals surface area contributed by atoms with E-state index in [9.17, 15) is 9.59 Å². The van der Waals surface area contributed by atoms with Gasteiger partial charge in [-0.3, -0.25) is 9.59 Å². The Morgan fingerprint density at radius 1 is 1.44 bits per heavy atom. The second-order valence-corrected chi connectivity index (χ2v) is 4.87. The number of carboxylic acid groups (broad SMARTS) is 1. The maximum absolute atomic E-state index is 12.1. The zero-order valence-electron chi connectivity index (χ0n) is 9.93. The number of carbonyl (C=O) groups is 2. The van der Waals surface area contributed by atoms with Crippen LogP contribution in [0.25, 0.3) is 0 Å². The summed E-state index contributed by atoms with van der Waals surface area (Å²) in [5.74, 6) is -1.34. The van der Waals surface area contributed by atoms with Gasteiger partial charge in [0.25, 0.3) is 5.91 Å². The Morgan fingerprint density at radius 2 is 2.17 bits per heavy atom. The van der Waals surface area contributed by atoms with Gasteiger partial charge in [-0.15, -0.1) is 0 Å². The van der Waals surface area contributed by atoms with Crippen molar-refractivity contribution >= 4 is 34.5 Å². The SMILES string of the molecule is COCCN(CC(=O)O)C(=O)c1cccc(I)c1. The molecule has 1 amide bonds. The minimum atomic E-state index is -1.04. The number of amides is 1. The van der Waals surface area contributed by atoms with Gasteiger partial charge in [-0.05, 0) is 40.8 Å². The summed E-state index contributed by atoms with van der Waals surface area (Å²) in [6.07, 6.45) is 0. The van der Waals surface area contributed by atoms with Crippen molar-refractivity contribution in [3.8, 4) is 0 Å². The summed E-state index contributed by atoms with van der Waals surface area (Å²) in [7, 11) is 1.51. The van der Waals surface area contributed by atoms with Crippen LogP contribution in [-0.2, 0) is 9.53 Å². The molecule has 1 aromatic carbocycles. The molecule has 0 aromatic heterocycles. The van der Waals surface area contributed by atoms with Crippen LogP contribution in [0.15, 0.2) is 24.3 Å². The molecule has 0 saturated heterocycles. The Labute approximate surface area is 119 Å². The number of aliphatic carboxylic acids is 1. The first kappa shape index (κ1) is 14.9. The third-order valence-electron chi connectivity index (χ3n) is 2.25. The standard InChI is InChI=1S/C12H14INO4/c1-18-6-5-14(8-11(15)16)12(17)9-3-2-4-10(13)7-9/h2-4,7H,5-6,8H2,1H3,(H,15,16). The first-order valence-electron chi connectivity index (χ1n) is 5.30. The largest absolute Gasteiger partial charge is 0.480 e. The maximum atomic E-state index is 12.1. The van der Waals surface area contributed by atoms with Crippen molar-refractivity contribution in [1.29, 1.82) is 0 Å². The van der Waals surface area contributed by atoms with Crippen molar-refractivity contribution in [1.82, 2.24) is 4.90 Å². The molecule has 0 aliphatic rings. The van der Waals surface area contributed by atoms with Crippen LogP contribution in [0.1, 0.15) is 10.4 Å². The fraction of sp³-hybridized carbons (Fsp3) is 0.333. The normalized spacial score (nSPS) is 10.1. The molecule has 0 radical (unpaired) electrons. The highest BCUT2D eigenvalue weighted by atomic mass is 127. The van der Waals surface area contributed by atoms with Gasteiger partial charge in [0.05, 0.1) is 6.61 Å². The van der Waals surface area contributed by atoms with E-state index in [-0.39, 0.29) is 19.0 Å². The summed E-state index contributed by atoms with van der Waals surface area (Å²) < 4.78 is 5.81. The Morgan fingerprint density at radius 3 is 2.72 bits per heavy atom. The number of nitrogens with zero attached hydrogens (tertiary/aromatic N) is 1. The van der Waals surface area contributed by atoms with Gasteiger partial charge in [0.1, 0.15) is 6.54 Å². The summed E-state index contributed by atoms with van der Waals surface area (Å²) in [5, 5.41) is 8.80. The predicted octanol–water partition coefficient (Wildman–Crippen LogP) is 1.46. The van der Waals surface area contributed by atoms with Crippen LogP contribution in [0.5, 0.6) is 0 Å². The predicted molar refractivity (Wildman–Crippen MR) is 74.6 cm³/mol. The van der Waals surface area contributed by atoms with E-state index in [1.165, 1.54) is 12.0 Å². The van der Waals surface area contributed by atoms with Gasteiger partial charge in [0, 0.05) is 22.8 Å². The van der Waals surface area contributed by atoms with Crippen LogP contribution in [0.2, 0.25) is 0 Å². The molecule has 0 aliphatic carbocycles. The molecule has 0 aliphatic heterocycles. The van der Waals surface area contributed by atoms with Crippen molar-refractivity contribution in [2.75, 3.05) is 26.8 Å². The molecule has 0 heterocycles. The van der Waals surface area contributed by atoms with Gasteiger partial charge < -0.3 is 14.7 Å². The highest BCUT2D eigenvalue weighted by Crippen LogP contribution is 2.10. The first-order valence-corrected chi connectivity index (χ1v) is 6.38. The average Bonchev–Trinajstić information content (AvgIpc) is 2.33. The Bertz CT molecular complexity index is 436. The highest BCUT2D eigenvalue weighted by molar-refractivity contribution is 14.1. The number of methoxy groups -OCH3 is 1. The molecular formula is C12H14INO4. The van der Waals surface area contributed by atoms with Crippen LogP contribution < -0.4 is 0 Å². The summed E-state index contributed by atoms with van der Waals surface area (Å²) in [5.41, 5.74) is 0.485. The molecule has 0 atom stereocenters. The van der Waals surface area contributed by atoms with Gasteiger partial charge >= 0.3 is 5.97 Å². The van der Waals surface area contributed by atoms with Gasteiger partial charge in [0.2, 0.25) is 0 Å². The lowest BCUT2D eigenvalue weighted by atomic mass is 10.2. The number of rotatable bonds is 6. The highest BCUT2D eigenvalue weighted by Gasteiger charge is 2.18. The number of carboxylic acids is 1. The van der Waals surface area contributed by atoms with Crippen molar-refractivity contribution in [2.24, 2.45) is 0 Å². The molecule has 18 heavy (non-hydrogen) atoms. The fourth-order valence-electron chi connectivity index (χ4n) is 1.42. The molecule has 0 unspecified atom stereocenters. The van der Waals surface area contributed by atoms with Crippen molar-refractivity contribution in [3.63, 3.8) is 0 Å². The quantitative estimate of drug-likeness (QED) is 0.778. The van der Waals surface area contributed by atoms with E-state index in [0.29, 0.717) is 12.2 Å². The smallest absolute Gasteiger partial charge is 0.323 e. The molecule has 5 nitrogen and oxygen atoms in total. The second-order valence-electron chi connectivity index (χ2n) is 3.62. The van der Waals surface area contributed by atoms with Crippen molar-refractivity contribution in [2.45, 2.75) is 0 Å². The van der Waals surface area contributed by atoms with Crippen LogP contribution in [0.3, 0.4) is 0 Å². The molecular weight excluding hydrogens is 349 g/mol. The molecule has 1 aromatic rings.